The Bertz CT molecular complexity index is 761. The van der Waals surface area contributed by atoms with Crippen LogP contribution in [-0.4, -0.2) is 17.3 Å². The first kappa shape index (κ1) is 16.0. The summed E-state index contributed by atoms with van der Waals surface area (Å²) >= 11 is 0. The maximum absolute atomic E-state index is 13.0. The number of halogens is 3. The Hall–Kier alpha value is -1.86. The molecular weight excluding hydrogens is 325 g/mol. The summed E-state index contributed by atoms with van der Waals surface area (Å²) in [5.41, 5.74) is 5.81. The molecule has 0 radical (unpaired) electrons. The average molecular weight is 340 g/mol. The molecule has 122 valence electrons. The van der Waals surface area contributed by atoms with Crippen LogP contribution in [0.15, 0.2) is 52.3 Å². The molecule has 7 heteroatoms. The highest BCUT2D eigenvalue weighted by Crippen LogP contribution is 2.44. The molecule has 0 amide bonds. The molecule has 0 aromatic heterocycles. The molecule has 1 atom stereocenters. The van der Waals surface area contributed by atoms with Crippen molar-refractivity contribution in [2.24, 2.45) is 5.73 Å². The Balaban J connectivity index is 2.17. The van der Waals surface area contributed by atoms with Gasteiger partial charge in [0, 0.05) is 6.54 Å². The molecule has 1 heterocycles. The first-order valence-corrected chi connectivity index (χ1v) is 8.28. The third-order valence-electron chi connectivity index (χ3n) is 3.72. The fourth-order valence-corrected chi connectivity index (χ4v) is 3.99. The monoisotopic (exact) mass is 340 g/mol. The van der Waals surface area contributed by atoms with E-state index in [-0.39, 0.29) is 0 Å². The van der Waals surface area contributed by atoms with Crippen LogP contribution in [0.5, 0.6) is 0 Å². The number of nitrogens with two attached hydrogens (primary N) is 1. The van der Waals surface area contributed by atoms with Gasteiger partial charge in [-0.15, -0.1) is 0 Å². The predicted molar refractivity (Wildman–Crippen MR) is 83.2 cm³/mol. The molecule has 23 heavy (non-hydrogen) atoms. The average Bonchev–Trinajstić information content (AvgIpc) is 2.53. The van der Waals surface area contributed by atoms with E-state index in [1.807, 2.05) is 0 Å². The Morgan fingerprint density at radius 3 is 2.43 bits per heavy atom. The number of alkyl halides is 3. The summed E-state index contributed by atoms with van der Waals surface area (Å²) in [4.78, 5) is 2.78. The van der Waals surface area contributed by atoms with E-state index in [4.69, 9.17) is 5.73 Å². The van der Waals surface area contributed by atoms with Crippen LogP contribution in [0.25, 0.3) is 0 Å². The van der Waals surface area contributed by atoms with Gasteiger partial charge in [-0.25, -0.2) is 4.21 Å². The third-order valence-corrected chi connectivity index (χ3v) is 5.21. The molecule has 0 aliphatic carbocycles. The number of fused-ring (bicyclic) bond motifs is 2. The zero-order valence-electron chi connectivity index (χ0n) is 12.1. The summed E-state index contributed by atoms with van der Waals surface area (Å²) in [6, 6.07) is 10.4. The number of para-hydroxylation sites is 1. The molecule has 0 fully saturated rings. The van der Waals surface area contributed by atoms with E-state index >= 15 is 0 Å². The number of nitrogens with zero attached hydrogens (tertiary/aromatic N) is 1. The Kier molecular flexibility index (Phi) is 4.16. The largest absolute Gasteiger partial charge is 0.416 e. The van der Waals surface area contributed by atoms with E-state index in [0.717, 1.165) is 12.1 Å². The molecule has 1 aliphatic rings. The van der Waals surface area contributed by atoms with E-state index in [1.54, 1.807) is 29.2 Å². The maximum Gasteiger partial charge on any atom is 0.416 e. The number of benzene rings is 2. The molecule has 0 spiro atoms. The molecule has 2 aromatic carbocycles. The van der Waals surface area contributed by atoms with Crippen LogP contribution in [0.3, 0.4) is 0 Å². The Morgan fingerprint density at radius 1 is 1.04 bits per heavy atom. The number of hydrogen-bond acceptors (Lipinski definition) is 3. The summed E-state index contributed by atoms with van der Waals surface area (Å²) in [5.74, 6) is 0. The van der Waals surface area contributed by atoms with Crippen molar-refractivity contribution >= 4 is 22.2 Å². The van der Waals surface area contributed by atoms with Crippen molar-refractivity contribution in [3.05, 3.63) is 48.0 Å². The Labute approximate surface area is 134 Å². The summed E-state index contributed by atoms with van der Waals surface area (Å²) in [6.07, 6.45) is -3.82. The van der Waals surface area contributed by atoms with Crippen molar-refractivity contribution in [1.82, 2.24) is 0 Å². The number of rotatable bonds is 3. The highest BCUT2D eigenvalue weighted by molar-refractivity contribution is 7.85. The fraction of sp³-hybridized carbons (Fsp3) is 0.250. The molecule has 2 N–H and O–H groups in total. The highest BCUT2D eigenvalue weighted by atomic mass is 32.2. The lowest BCUT2D eigenvalue weighted by Crippen LogP contribution is -2.27. The fourth-order valence-electron chi connectivity index (χ4n) is 2.64. The van der Waals surface area contributed by atoms with Gasteiger partial charge >= 0.3 is 6.18 Å². The summed E-state index contributed by atoms with van der Waals surface area (Å²) in [5, 5.41) is 0. The minimum Gasteiger partial charge on any atom is -0.339 e. The topological polar surface area (TPSA) is 46.3 Å². The van der Waals surface area contributed by atoms with Crippen LogP contribution >= 0.6 is 0 Å². The number of anilines is 2. The van der Waals surface area contributed by atoms with E-state index in [1.165, 1.54) is 6.07 Å². The molecule has 0 bridgehead atoms. The zero-order chi connectivity index (χ0) is 16.6. The van der Waals surface area contributed by atoms with Crippen LogP contribution in [0, 0.1) is 0 Å². The van der Waals surface area contributed by atoms with Crippen molar-refractivity contribution < 1.29 is 17.4 Å². The van der Waals surface area contributed by atoms with Crippen molar-refractivity contribution in [1.29, 1.82) is 0 Å². The summed E-state index contributed by atoms with van der Waals surface area (Å²) < 4.78 is 51.7. The second-order valence-corrected chi connectivity index (χ2v) is 6.63. The van der Waals surface area contributed by atoms with Gasteiger partial charge in [0.15, 0.2) is 0 Å². The van der Waals surface area contributed by atoms with Crippen LogP contribution in [0.1, 0.15) is 12.0 Å². The lowest BCUT2D eigenvalue weighted by molar-refractivity contribution is -0.137. The molecule has 1 aliphatic heterocycles. The van der Waals surface area contributed by atoms with Gasteiger partial charge in [-0.1, -0.05) is 12.1 Å². The van der Waals surface area contributed by atoms with Crippen molar-refractivity contribution in [3.8, 4) is 0 Å². The van der Waals surface area contributed by atoms with E-state index < -0.39 is 22.5 Å². The van der Waals surface area contributed by atoms with Crippen LogP contribution in [0.2, 0.25) is 0 Å². The van der Waals surface area contributed by atoms with Gasteiger partial charge in [-0.2, -0.15) is 13.2 Å². The van der Waals surface area contributed by atoms with Crippen molar-refractivity contribution in [2.45, 2.75) is 22.4 Å². The zero-order valence-corrected chi connectivity index (χ0v) is 13.0. The first-order chi connectivity index (χ1) is 10.9. The second-order valence-electron chi connectivity index (χ2n) is 5.21. The normalized spacial score (nSPS) is 16.9. The van der Waals surface area contributed by atoms with Crippen LogP contribution < -0.4 is 10.6 Å². The predicted octanol–water partition coefficient (Wildman–Crippen LogP) is 3.67. The van der Waals surface area contributed by atoms with E-state index in [2.05, 4.69) is 0 Å². The Morgan fingerprint density at radius 2 is 1.74 bits per heavy atom. The minimum atomic E-state index is -4.44. The standard InChI is InChI=1S/C16H15F3N2OS/c17-16(18,19)11-6-7-15-13(10-11)21(9-3-8-20)12-4-1-2-5-14(12)23(15)22/h1-2,4-7,10H,3,8-9,20H2. The van der Waals surface area contributed by atoms with Crippen LogP contribution in [-0.2, 0) is 17.0 Å². The summed E-state index contributed by atoms with van der Waals surface area (Å²) in [6.45, 7) is 0.898. The van der Waals surface area contributed by atoms with Gasteiger partial charge < -0.3 is 10.6 Å². The van der Waals surface area contributed by atoms with Gasteiger partial charge in [0.1, 0.15) is 0 Å². The molecule has 3 nitrogen and oxygen atoms in total. The maximum atomic E-state index is 13.0. The van der Waals surface area contributed by atoms with Gasteiger partial charge in [0.2, 0.25) is 0 Å². The quantitative estimate of drug-likeness (QED) is 0.927. The molecule has 0 saturated heterocycles. The first-order valence-electron chi connectivity index (χ1n) is 7.13. The molecule has 2 aromatic rings. The third kappa shape index (κ3) is 2.86. The minimum absolute atomic E-state index is 0.338. The lowest BCUT2D eigenvalue weighted by atomic mass is 10.1. The highest BCUT2D eigenvalue weighted by Gasteiger charge is 2.34. The lowest BCUT2D eigenvalue weighted by Gasteiger charge is -2.33. The van der Waals surface area contributed by atoms with Crippen molar-refractivity contribution in [3.63, 3.8) is 0 Å². The molecule has 1 unspecified atom stereocenters. The molecule has 0 saturated carbocycles. The van der Waals surface area contributed by atoms with E-state index in [9.17, 15) is 17.4 Å². The number of hydrogen-bond donors (Lipinski definition) is 1. The summed E-state index contributed by atoms with van der Waals surface area (Å²) in [7, 11) is -1.49. The van der Waals surface area contributed by atoms with Gasteiger partial charge in [0.05, 0.1) is 37.5 Å². The van der Waals surface area contributed by atoms with E-state index in [0.29, 0.717) is 40.7 Å². The van der Waals surface area contributed by atoms with Crippen molar-refractivity contribution in [2.75, 3.05) is 18.0 Å². The van der Waals surface area contributed by atoms with Gasteiger partial charge in [-0.3, -0.25) is 0 Å². The van der Waals surface area contributed by atoms with Gasteiger partial charge in [-0.05, 0) is 43.3 Å². The molecular formula is C16H15F3N2OS. The molecule has 3 rings (SSSR count). The second kappa shape index (κ2) is 5.98. The SMILES string of the molecule is NCCCN1c2ccccc2S(=O)c2ccc(C(F)(F)F)cc21. The smallest absolute Gasteiger partial charge is 0.339 e. The van der Waals surface area contributed by atoms with Gasteiger partial charge in [0.25, 0.3) is 0 Å². The van der Waals surface area contributed by atoms with Crippen LogP contribution in [0.4, 0.5) is 24.5 Å².